The average Bonchev–Trinajstić information content (AvgIpc) is 3.68. The molecule has 0 bridgehead atoms. The summed E-state index contributed by atoms with van der Waals surface area (Å²) in [6, 6.07) is 54.0. The van der Waals surface area contributed by atoms with Crippen LogP contribution in [0.1, 0.15) is 0 Å². The highest BCUT2D eigenvalue weighted by molar-refractivity contribution is 6.86. The lowest BCUT2D eigenvalue weighted by Crippen LogP contribution is -2.83. The Kier molecular flexibility index (Phi) is 4.17. The molecule has 47 heavy (non-hydrogen) atoms. The van der Waals surface area contributed by atoms with Crippen molar-refractivity contribution in [2.75, 3.05) is 0 Å². The van der Waals surface area contributed by atoms with E-state index in [1.807, 2.05) is 6.20 Å². The Morgan fingerprint density at radius 1 is 0.468 bits per heavy atom. The maximum Gasteiger partial charge on any atom is 0.423 e. The van der Waals surface area contributed by atoms with Gasteiger partial charge >= 0.3 is 6.55 Å². The topological polar surface area (TPSA) is 26.6 Å². The zero-order chi connectivity index (χ0) is 30.4. The Labute approximate surface area is 269 Å². The van der Waals surface area contributed by atoms with E-state index in [0.717, 1.165) is 11.4 Å². The Balaban J connectivity index is 1.45. The largest absolute Gasteiger partial charge is 0.452 e. The summed E-state index contributed by atoms with van der Waals surface area (Å²) in [5, 5.41) is 10.2. The SMILES string of the molecule is c1ccc([B-]23n4c5ccc6ccccc6c5c5cccc(c54)-c4ccnc([n+]42)-c2cccc4c5c6ccccc6ccc5n3c24)cc1. The molecule has 1 atom stereocenters. The lowest BCUT2D eigenvalue weighted by Gasteiger charge is -2.50. The molecule has 0 saturated carbocycles. The summed E-state index contributed by atoms with van der Waals surface area (Å²) in [5.74, 6) is 1.00. The number of fused-ring (bicyclic) bond motifs is 14. The van der Waals surface area contributed by atoms with E-state index in [1.165, 1.54) is 81.9 Å². The van der Waals surface area contributed by atoms with Crippen molar-refractivity contribution in [1.82, 2.24) is 13.9 Å². The molecule has 3 aromatic heterocycles. The van der Waals surface area contributed by atoms with Crippen LogP contribution < -0.4 is 9.94 Å². The third-order valence-corrected chi connectivity index (χ3v) is 11.2. The molecule has 0 amide bonds. The van der Waals surface area contributed by atoms with Gasteiger partial charge in [0.2, 0.25) is 0 Å². The van der Waals surface area contributed by atoms with Crippen LogP contribution in [0.5, 0.6) is 0 Å². The Hall–Kier alpha value is -6.20. The highest BCUT2D eigenvalue weighted by Crippen LogP contribution is 2.48. The van der Waals surface area contributed by atoms with Gasteiger partial charge in [0.25, 0.3) is 5.82 Å². The number of benzene rings is 7. The van der Waals surface area contributed by atoms with E-state index in [9.17, 15) is 0 Å². The van der Waals surface area contributed by atoms with E-state index in [1.54, 1.807) is 0 Å². The van der Waals surface area contributed by atoms with Gasteiger partial charge in [0, 0.05) is 55.2 Å². The minimum Gasteiger partial charge on any atom is -0.452 e. The Morgan fingerprint density at radius 3 is 1.68 bits per heavy atom. The average molecular weight is 597 g/mol. The van der Waals surface area contributed by atoms with Crippen LogP contribution in [0.3, 0.4) is 0 Å². The van der Waals surface area contributed by atoms with Crippen LogP contribution >= 0.6 is 0 Å². The van der Waals surface area contributed by atoms with E-state index in [4.69, 9.17) is 4.98 Å². The molecule has 216 valence electrons. The lowest BCUT2D eigenvalue weighted by molar-refractivity contribution is -0.530. The minimum absolute atomic E-state index is 1.00. The summed E-state index contributed by atoms with van der Waals surface area (Å²) in [7, 11) is 0. The van der Waals surface area contributed by atoms with Crippen molar-refractivity contribution in [1.29, 1.82) is 0 Å². The third kappa shape index (κ3) is 2.60. The first-order valence-electron chi connectivity index (χ1n) is 16.4. The molecule has 0 fully saturated rings. The van der Waals surface area contributed by atoms with Crippen molar-refractivity contribution in [2.45, 2.75) is 0 Å². The number of hydrogen-bond donors (Lipinski definition) is 0. The molecular formula is C42H25BN4. The van der Waals surface area contributed by atoms with Crippen molar-refractivity contribution in [3.63, 3.8) is 0 Å². The molecule has 0 saturated heterocycles. The monoisotopic (exact) mass is 596 g/mol. The molecule has 2 aliphatic heterocycles. The van der Waals surface area contributed by atoms with Gasteiger partial charge in [-0.2, -0.15) is 0 Å². The Bertz CT molecular complexity index is 2840. The van der Waals surface area contributed by atoms with Crippen LogP contribution in [0, 0.1) is 0 Å². The fourth-order valence-electron chi connectivity index (χ4n) is 9.60. The van der Waals surface area contributed by atoms with Gasteiger partial charge in [-0.3, -0.25) is 0 Å². The van der Waals surface area contributed by atoms with Crippen LogP contribution in [0.25, 0.3) is 87.8 Å². The molecular weight excluding hydrogens is 571 g/mol. The van der Waals surface area contributed by atoms with Gasteiger partial charge in [0.15, 0.2) is 0 Å². The maximum absolute atomic E-state index is 5.24. The lowest BCUT2D eigenvalue weighted by atomic mass is 9.49. The van der Waals surface area contributed by atoms with Crippen LogP contribution in [0.15, 0.2) is 152 Å². The molecule has 0 spiro atoms. The summed E-state index contributed by atoms with van der Waals surface area (Å²) in [6.07, 6.45) is 2.01. The molecule has 5 heteroatoms. The molecule has 12 rings (SSSR count). The molecule has 1 unspecified atom stereocenters. The summed E-state index contributed by atoms with van der Waals surface area (Å²) in [6.45, 7) is -1.91. The summed E-state index contributed by atoms with van der Waals surface area (Å²) in [4.78, 5) is 5.24. The second kappa shape index (κ2) is 8.14. The number of nitrogens with zero attached hydrogens (tertiary/aromatic N) is 4. The summed E-state index contributed by atoms with van der Waals surface area (Å²) >= 11 is 0. The molecule has 0 N–H and O–H groups in total. The van der Waals surface area contributed by atoms with Crippen LogP contribution in [-0.2, 0) is 0 Å². The number of para-hydroxylation sites is 2. The van der Waals surface area contributed by atoms with Gasteiger partial charge in [-0.1, -0.05) is 120 Å². The number of aromatic nitrogens is 4. The fourth-order valence-corrected chi connectivity index (χ4v) is 9.60. The van der Waals surface area contributed by atoms with E-state index in [0.29, 0.717) is 0 Å². The van der Waals surface area contributed by atoms with Crippen LogP contribution in [0.4, 0.5) is 0 Å². The first-order valence-corrected chi connectivity index (χ1v) is 16.4. The standard InChI is InChI=1S/C42H25BN4/c1-2-12-28(13-3-1)43-45-36-22-20-26-10-4-6-14-29(26)38(36)32-17-8-16-31(40(32)45)35-24-25-44-42(47(35)43)34-19-9-18-33-39-30-15-7-5-11-27(30)21-23-37(39)46(43)41(33)34/h1-25H. The number of rotatable bonds is 1. The minimum atomic E-state index is -1.91. The summed E-state index contributed by atoms with van der Waals surface area (Å²) < 4.78 is 7.98. The molecule has 10 aromatic rings. The summed E-state index contributed by atoms with van der Waals surface area (Å²) in [5.41, 5.74) is 9.81. The van der Waals surface area contributed by atoms with Gasteiger partial charge in [0.05, 0.1) is 11.3 Å². The fraction of sp³-hybridized carbons (Fsp3) is 0. The van der Waals surface area contributed by atoms with Crippen LogP contribution in [0.2, 0.25) is 0 Å². The van der Waals surface area contributed by atoms with Crippen molar-refractivity contribution in [2.24, 2.45) is 0 Å². The maximum atomic E-state index is 5.24. The van der Waals surface area contributed by atoms with E-state index in [-0.39, 0.29) is 0 Å². The van der Waals surface area contributed by atoms with E-state index < -0.39 is 6.55 Å². The zero-order valence-electron chi connectivity index (χ0n) is 25.3. The number of hydrogen-bond acceptors (Lipinski definition) is 1. The normalized spacial score (nSPS) is 16.2. The van der Waals surface area contributed by atoms with E-state index >= 15 is 0 Å². The smallest absolute Gasteiger partial charge is 0.423 e. The van der Waals surface area contributed by atoms with Gasteiger partial charge in [-0.25, -0.2) is 0 Å². The van der Waals surface area contributed by atoms with Gasteiger partial charge in [-0.15, -0.1) is 5.46 Å². The quantitative estimate of drug-likeness (QED) is 0.174. The van der Waals surface area contributed by atoms with E-state index in [2.05, 4.69) is 159 Å². The molecule has 0 aliphatic carbocycles. The predicted molar refractivity (Wildman–Crippen MR) is 194 cm³/mol. The second-order valence-corrected chi connectivity index (χ2v) is 13.2. The van der Waals surface area contributed by atoms with Crippen molar-refractivity contribution in [3.05, 3.63) is 152 Å². The van der Waals surface area contributed by atoms with Gasteiger partial charge in [-0.05, 0) is 45.8 Å². The molecule has 2 aliphatic rings. The Morgan fingerprint density at radius 2 is 1.02 bits per heavy atom. The molecule has 4 nitrogen and oxygen atoms in total. The van der Waals surface area contributed by atoms with Gasteiger partial charge < -0.3 is 13.4 Å². The van der Waals surface area contributed by atoms with Crippen LogP contribution in [-0.4, -0.2) is 20.5 Å². The second-order valence-electron chi connectivity index (χ2n) is 13.2. The third-order valence-electron chi connectivity index (χ3n) is 11.2. The molecule has 7 aromatic carbocycles. The predicted octanol–water partition coefficient (Wildman–Crippen LogP) is 8.64. The zero-order valence-corrected chi connectivity index (χ0v) is 25.3. The van der Waals surface area contributed by atoms with Gasteiger partial charge in [0.1, 0.15) is 6.20 Å². The highest BCUT2D eigenvalue weighted by atomic mass is 15.3. The molecule has 5 heterocycles. The van der Waals surface area contributed by atoms with Crippen molar-refractivity contribution < 1.29 is 4.48 Å². The first-order chi connectivity index (χ1) is 23.4. The van der Waals surface area contributed by atoms with Crippen molar-refractivity contribution >= 4 is 77.2 Å². The van der Waals surface area contributed by atoms with Crippen molar-refractivity contribution in [3.8, 4) is 22.6 Å². The highest BCUT2D eigenvalue weighted by Gasteiger charge is 2.52. The molecule has 0 radical (unpaired) electrons. The first kappa shape index (κ1) is 24.1.